The van der Waals surface area contributed by atoms with Crippen molar-refractivity contribution < 1.29 is 9.47 Å². The van der Waals surface area contributed by atoms with Crippen LogP contribution in [0.5, 0.6) is 11.5 Å². The molecule has 0 saturated heterocycles. The van der Waals surface area contributed by atoms with Crippen LogP contribution < -0.4 is 15.2 Å². The normalized spacial score (nSPS) is 13.0. The summed E-state index contributed by atoms with van der Waals surface area (Å²) in [6.45, 7) is 14.3. The van der Waals surface area contributed by atoms with Crippen molar-refractivity contribution in [1.82, 2.24) is 4.90 Å². The van der Waals surface area contributed by atoms with Gasteiger partial charge >= 0.3 is 0 Å². The van der Waals surface area contributed by atoms with Crippen LogP contribution >= 0.6 is 0 Å². The summed E-state index contributed by atoms with van der Waals surface area (Å²) in [5, 5.41) is 0. The second-order valence-corrected chi connectivity index (χ2v) is 6.84. The van der Waals surface area contributed by atoms with Gasteiger partial charge in [-0.3, -0.25) is 4.90 Å². The number of nitrogens with two attached hydrogens (primary N) is 1. The van der Waals surface area contributed by atoms with Crippen LogP contribution in [0.15, 0.2) is 18.2 Å². The van der Waals surface area contributed by atoms with Crippen LogP contribution in [0.4, 0.5) is 0 Å². The number of rotatable bonds is 10. The van der Waals surface area contributed by atoms with Gasteiger partial charge in [0, 0.05) is 25.7 Å². The van der Waals surface area contributed by atoms with Gasteiger partial charge in [0.2, 0.25) is 0 Å². The molecule has 0 fully saturated rings. The highest BCUT2D eigenvalue weighted by molar-refractivity contribution is 5.44. The zero-order chi connectivity index (χ0) is 17.4. The van der Waals surface area contributed by atoms with E-state index in [4.69, 9.17) is 15.2 Å². The molecular formula is C19H34N2O2. The van der Waals surface area contributed by atoms with Gasteiger partial charge < -0.3 is 15.2 Å². The van der Waals surface area contributed by atoms with Crippen molar-refractivity contribution in [1.29, 1.82) is 0 Å². The number of hydrogen-bond donors (Lipinski definition) is 1. The Morgan fingerprint density at radius 1 is 1.04 bits per heavy atom. The second-order valence-electron chi connectivity index (χ2n) is 6.84. The maximum Gasteiger partial charge on any atom is 0.161 e. The van der Waals surface area contributed by atoms with E-state index in [2.05, 4.69) is 44.7 Å². The monoisotopic (exact) mass is 322 g/mol. The third kappa shape index (κ3) is 6.04. The molecule has 23 heavy (non-hydrogen) atoms. The van der Waals surface area contributed by atoms with Gasteiger partial charge in [0.15, 0.2) is 11.5 Å². The molecule has 0 aliphatic carbocycles. The molecule has 0 saturated carbocycles. The topological polar surface area (TPSA) is 47.7 Å². The van der Waals surface area contributed by atoms with Gasteiger partial charge in [0.05, 0.1) is 13.7 Å². The van der Waals surface area contributed by atoms with Gasteiger partial charge in [0.25, 0.3) is 0 Å². The van der Waals surface area contributed by atoms with E-state index in [9.17, 15) is 0 Å². The average molecular weight is 322 g/mol. The summed E-state index contributed by atoms with van der Waals surface area (Å²) in [5.41, 5.74) is 7.33. The van der Waals surface area contributed by atoms with E-state index in [-0.39, 0.29) is 6.04 Å². The quantitative estimate of drug-likeness (QED) is 0.713. The van der Waals surface area contributed by atoms with Crippen molar-refractivity contribution in [3.63, 3.8) is 0 Å². The van der Waals surface area contributed by atoms with Gasteiger partial charge in [-0.25, -0.2) is 0 Å². The van der Waals surface area contributed by atoms with Gasteiger partial charge in [-0.05, 0) is 36.5 Å². The Morgan fingerprint density at radius 2 is 1.65 bits per heavy atom. The molecule has 0 bridgehead atoms. The molecule has 0 spiro atoms. The van der Waals surface area contributed by atoms with E-state index in [0.29, 0.717) is 25.0 Å². The fraction of sp³-hybridized carbons (Fsp3) is 0.684. The standard InChI is InChI=1S/C19H34N2O2/c1-7-23-19-10-16(8-9-18(19)22-6)17(11-20)21(12-14(2)3)13-15(4)5/h8-10,14-15,17H,7,11-13,20H2,1-6H3. The minimum atomic E-state index is 0.199. The van der Waals surface area contributed by atoms with E-state index in [0.717, 1.165) is 24.6 Å². The molecule has 0 aromatic heterocycles. The Hall–Kier alpha value is -1.26. The largest absolute Gasteiger partial charge is 0.493 e. The molecule has 132 valence electrons. The van der Waals surface area contributed by atoms with Crippen LogP contribution in [0.2, 0.25) is 0 Å². The molecule has 0 heterocycles. The minimum Gasteiger partial charge on any atom is -0.493 e. The van der Waals surface area contributed by atoms with Gasteiger partial charge in [0.1, 0.15) is 0 Å². The predicted octanol–water partition coefficient (Wildman–Crippen LogP) is 3.71. The summed E-state index contributed by atoms with van der Waals surface area (Å²) in [7, 11) is 1.67. The molecule has 2 N–H and O–H groups in total. The van der Waals surface area contributed by atoms with E-state index < -0.39 is 0 Å². The van der Waals surface area contributed by atoms with Crippen molar-refractivity contribution in [3.05, 3.63) is 23.8 Å². The maximum absolute atomic E-state index is 6.14. The summed E-state index contributed by atoms with van der Waals surface area (Å²) in [5.74, 6) is 2.77. The van der Waals surface area contributed by atoms with Crippen LogP contribution in [-0.4, -0.2) is 38.3 Å². The number of nitrogens with zero attached hydrogens (tertiary/aromatic N) is 1. The van der Waals surface area contributed by atoms with E-state index in [1.165, 1.54) is 5.56 Å². The molecule has 4 heteroatoms. The van der Waals surface area contributed by atoms with Crippen molar-refractivity contribution in [2.75, 3.05) is 33.4 Å². The Labute approximate surface area is 142 Å². The first-order chi connectivity index (χ1) is 10.9. The molecule has 0 aliphatic rings. The summed E-state index contributed by atoms with van der Waals surface area (Å²) in [6, 6.07) is 6.36. The zero-order valence-corrected chi connectivity index (χ0v) is 15.6. The Bertz CT molecular complexity index is 451. The van der Waals surface area contributed by atoms with Gasteiger partial charge in [-0.1, -0.05) is 33.8 Å². The number of benzene rings is 1. The van der Waals surface area contributed by atoms with E-state index in [1.807, 2.05) is 13.0 Å². The summed E-state index contributed by atoms with van der Waals surface area (Å²) < 4.78 is 11.1. The van der Waals surface area contributed by atoms with E-state index >= 15 is 0 Å². The van der Waals surface area contributed by atoms with Crippen LogP contribution in [0, 0.1) is 11.8 Å². The Morgan fingerprint density at radius 3 is 2.09 bits per heavy atom. The maximum atomic E-state index is 6.14. The molecule has 1 atom stereocenters. The molecular weight excluding hydrogens is 288 g/mol. The summed E-state index contributed by atoms with van der Waals surface area (Å²) in [6.07, 6.45) is 0. The highest BCUT2D eigenvalue weighted by Crippen LogP contribution is 2.32. The first-order valence-corrected chi connectivity index (χ1v) is 8.67. The van der Waals surface area contributed by atoms with Crippen LogP contribution in [0.1, 0.15) is 46.2 Å². The summed E-state index contributed by atoms with van der Waals surface area (Å²) >= 11 is 0. The van der Waals surface area contributed by atoms with E-state index in [1.54, 1.807) is 7.11 Å². The Balaban J connectivity index is 3.11. The number of methoxy groups -OCH3 is 1. The van der Waals surface area contributed by atoms with Crippen LogP contribution in [0.25, 0.3) is 0 Å². The molecule has 4 nitrogen and oxygen atoms in total. The molecule has 0 aliphatic heterocycles. The average Bonchev–Trinajstić information content (AvgIpc) is 2.47. The zero-order valence-electron chi connectivity index (χ0n) is 15.6. The lowest BCUT2D eigenvalue weighted by atomic mass is 10.0. The lowest BCUT2D eigenvalue weighted by molar-refractivity contribution is 0.159. The van der Waals surface area contributed by atoms with Gasteiger partial charge in [-0.15, -0.1) is 0 Å². The highest BCUT2D eigenvalue weighted by Gasteiger charge is 2.22. The predicted molar refractivity (Wildman–Crippen MR) is 97.2 cm³/mol. The SMILES string of the molecule is CCOc1cc(C(CN)N(CC(C)C)CC(C)C)ccc1OC. The van der Waals surface area contributed by atoms with Crippen molar-refractivity contribution in [2.24, 2.45) is 17.6 Å². The molecule has 1 rings (SSSR count). The second kappa shape index (κ2) is 9.78. The van der Waals surface area contributed by atoms with Crippen molar-refractivity contribution in [3.8, 4) is 11.5 Å². The minimum absolute atomic E-state index is 0.199. The molecule has 0 amide bonds. The summed E-state index contributed by atoms with van der Waals surface area (Å²) in [4.78, 5) is 2.49. The first kappa shape index (κ1) is 19.8. The molecule has 1 aromatic rings. The first-order valence-electron chi connectivity index (χ1n) is 8.67. The van der Waals surface area contributed by atoms with Crippen LogP contribution in [-0.2, 0) is 0 Å². The van der Waals surface area contributed by atoms with Crippen molar-refractivity contribution in [2.45, 2.75) is 40.7 Å². The number of hydrogen-bond acceptors (Lipinski definition) is 4. The molecule has 1 aromatic carbocycles. The van der Waals surface area contributed by atoms with Crippen molar-refractivity contribution >= 4 is 0 Å². The third-order valence-electron chi connectivity index (χ3n) is 3.74. The molecule has 0 radical (unpaired) electrons. The Kier molecular flexibility index (Phi) is 8.42. The highest BCUT2D eigenvalue weighted by atomic mass is 16.5. The fourth-order valence-electron chi connectivity index (χ4n) is 2.93. The van der Waals surface area contributed by atoms with Gasteiger partial charge in [-0.2, -0.15) is 0 Å². The lowest BCUT2D eigenvalue weighted by Crippen LogP contribution is -2.38. The number of ether oxygens (including phenoxy) is 2. The smallest absolute Gasteiger partial charge is 0.161 e. The van der Waals surface area contributed by atoms with Crippen LogP contribution in [0.3, 0.4) is 0 Å². The third-order valence-corrected chi connectivity index (χ3v) is 3.74. The molecule has 1 unspecified atom stereocenters. The lowest BCUT2D eigenvalue weighted by Gasteiger charge is -2.34. The fourth-order valence-corrected chi connectivity index (χ4v) is 2.93.